The van der Waals surface area contributed by atoms with Gasteiger partial charge in [-0.15, -0.1) is 11.3 Å². The number of hydrogen-bond acceptors (Lipinski definition) is 4. The highest BCUT2D eigenvalue weighted by Crippen LogP contribution is 2.41. The van der Waals surface area contributed by atoms with Gasteiger partial charge in [0, 0.05) is 5.92 Å². The molecule has 1 aromatic rings. The van der Waals surface area contributed by atoms with Gasteiger partial charge in [-0.3, -0.25) is 10.0 Å². The second kappa shape index (κ2) is 2.84. The minimum Gasteiger partial charge on any atom is -0.288 e. The Hall–Kier alpha value is -0.940. The van der Waals surface area contributed by atoms with E-state index in [-0.39, 0.29) is 0 Å². The first-order chi connectivity index (χ1) is 5.83. The van der Waals surface area contributed by atoms with E-state index in [2.05, 4.69) is 4.98 Å². The number of hydrogen-bond donors (Lipinski definition) is 2. The highest BCUT2D eigenvalue weighted by atomic mass is 32.1. The van der Waals surface area contributed by atoms with Crippen molar-refractivity contribution >= 4 is 17.2 Å². The molecule has 1 amide bonds. The lowest BCUT2D eigenvalue weighted by Gasteiger charge is -1.96. The van der Waals surface area contributed by atoms with E-state index in [9.17, 15) is 4.79 Å². The van der Waals surface area contributed by atoms with Crippen LogP contribution in [0.4, 0.5) is 0 Å². The van der Waals surface area contributed by atoms with Crippen molar-refractivity contribution in [2.75, 3.05) is 0 Å². The molecular weight excluding hydrogens is 176 g/mol. The fraction of sp³-hybridized carbons (Fsp3) is 0.429. The summed E-state index contributed by atoms with van der Waals surface area (Å²) < 4.78 is 0. The van der Waals surface area contributed by atoms with Crippen LogP contribution in [0.3, 0.4) is 0 Å². The van der Waals surface area contributed by atoms with Crippen LogP contribution in [0.5, 0.6) is 0 Å². The molecule has 1 aromatic heterocycles. The van der Waals surface area contributed by atoms with E-state index in [0.717, 1.165) is 18.5 Å². The maximum atomic E-state index is 11.0. The van der Waals surface area contributed by atoms with Gasteiger partial charge in [-0.1, -0.05) is 0 Å². The Morgan fingerprint density at radius 3 is 3.08 bits per heavy atom. The highest BCUT2D eigenvalue weighted by Gasteiger charge is 2.30. The standard InChI is InChI=1S/C7H8N2O2S/c10-7(9-11)6-5(4-1-2-4)8-3-12-6/h3-4,11H,1-2H2,(H,9,10). The average molecular weight is 184 g/mol. The van der Waals surface area contributed by atoms with Crippen molar-refractivity contribution < 1.29 is 10.0 Å². The van der Waals surface area contributed by atoms with E-state index in [0.29, 0.717) is 10.8 Å². The van der Waals surface area contributed by atoms with Crippen LogP contribution < -0.4 is 5.48 Å². The quantitative estimate of drug-likeness (QED) is 0.535. The number of hydroxylamine groups is 1. The fourth-order valence-corrected chi connectivity index (χ4v) is 1.89. The Morgan fingerprint density at radius 2 is 2.50 bits per heavy atom. The van der Waals surface area contributed by atoms with Gasteiger partial charge in [-0.05, 0) is 12.8 Å². The van der Waals surface area contributed by atoms with E-state index in [1.807, 2.05) is 0 Å². The highest BCUT2D eigenvalue weighted by molar-refractivity contribution is 7.11. The summed E-state index contributed by atoms with van der Waals surface area (Å²) >= 11 is 1.27. The molecular formula is C7H8N2O2S. The number of aromatic nitrogens is 1. The van der Waals surface area contributed by atoms with E-state index >= 15 is 0 Å². The summed E-state index contributed by atoms with van der Waals surface area (Å²) in [5.74, 6) is 0.00273. The van der Waals surface area contributed by atoms with E-state index in [1.54, 1.807) is 11.0 Å². The molecule has 5 heteroatoms. The van der Waals surface area contributed by atoms with Gasteiger partial charge in [-0.25, -0.2) is 10.5 Å². The van der Waals surface area contributed by atoms with Crippen LogP contribution in [0.1, 0.15) is 34.1 Å². The minimum atomic E-state index is -0.445. The van der Waals surface area contributed by atoms with E-state index in [1.165, 1.54) is 11.3 Å². The lowest BCUT2D eigenvalue weighted by atomic mass is 10.2. The number of nitrogens with one attached hydrogen (secondary N) is 1. The minimum absolute atomic E-state index is 0.445. The molecule has 0 atom stereocenters. The molecule has 0 aliphatic heterocycles. The van der Waals surface area contributed by atoms with Crippen LogP contribution in [0.15, 0.2) is 5.51 Å². The maximum absolute atomic E-state index is 11.0. The van der Waals surface area contributed by atoms with Gasteiger partial charge >= 0.3 is 0 Å². The van der Waals surface area contributed by atoms with Crippen molar-refractivity contribution in [3.8, 4) is 0 Å². The SMILES string of the molecule is O=C(NO)c1scnc1C1CC1. The van der Waals surface area contributed by atoms with E-state index in [4.69, 9.17) is 5.21 Å². The van der Waals surface area contributed by atoms with Crippen molar-refractivity contribution in [3.63, 3.8) is 0 Å². The molecule has 1 saturated carbocycles. The van der Waals surface area contributed by atoms with Gasteiger partial charge in [-0.2, -0.15) is 0 Å². The summed E-state index contributed by atoms with van der Waals surface area (Å²) in [5.41, 5.74) is 4.10. The van der Waals surface area contributed by atoms with Crippen LogP contribution in [-0.4, -0.2) is 16.1 Å². The second-order valence-electron chi connectivity index (χ2n) is 2.78. The summed E-state index contributed by atoms with van der Waals surface area (Å²) in [6.07, 6.45) is 2.21. The fourth-order valence-electron chi connectivity index (χ4n) is 1.12. The van der Waals surface area contributed by atoms with E-state index < -0.39 is 5.91 Å². The van der Waals surface area contributed by atoms with Crippen molar-refractivity contribution in [1.29, 1.82) is 0 Å². The smallest absolute Gasteiger partial charge is 0.286 e. The summed E-state index contributed by atoms with van der Waals surface area (Å²) in [4.78, 5) is 15.7. The zero-order valence-corrected chi connectivity index (χ0v) is 7.10. The largest absolute Gasteiger partial charge is 0.288 e. The topological polar surface area (TPSA) is 62.2 Å². The Labute approximate surface area is 73.2 Å². The third-order valence-corrected chi connectivity index (χ3v) is 2.71. The molecule has 2 rings (SSSR count). The monoisotopic (exact) mass is 184 g/mol. The van der Waals surface area contributed by atoms with Crippen molar-refractivity contribution in [2.24, 2.45) is 0 Å². The Kier molecular flexibility index (Phi) is 1.82. The van der Waals surface area contributed by atoms with Gasteiger partial charge < -0.3 is 0 Å². The van der Waals surface area contributed by atoms with Crippen molar-refractivity contribution in [2.45, 2.75) is 18.8 Å². The Balaban J connectivity index is 2.29. The zero-order chi connectivity index (χ0) is 8.55. The summed E-state index contributed by atoms with van der Waals surface area (Å²) in [6, 6.07) is 0. The molecule has 0 radical (unpaired) electrons. The molecule has 1 heterocycles. The van der Waals surface area contributed by atoms with Crippen LogP contribution >= 0.6 is 11.3 Å². The van der Waals surface area contributed by atoms with Gasteiger partial charge in [0.1, 0.15) is 4.88 Å². The maximum Gasteiger partial charge on any atom is 0.286 e. The zero-order valence-electron chi connectivity index (χ0n) is 6.28. The molecule has 1 aliphatic rings. The number of carbonyl (C=O) groups excluding carboxylic acids is 1. The predicted octanol–water partition coefficient (Wildman–Crippen LogP) is 1.14. The van der Waals surface area contributed by atoms with Crippen LogP contribution in [0.25, 0.3) is 0 Å². The first-order valence-electron chi connectivity index (χ1n) is 3.70. The van der Waals surface area contributed by atoms with Crippen molar-refractivity contribution in [1.82, 2.24) is 10.5 Å². The number of thiazole rings is 1. The first-order valence-corrected chi connectivity index (χ1v) is 4.58. The number of rotatable bonds is 2. The molecule has 0 aromatic carbocycles. The number of amides is 1. The number of carbonyl (C=O) groups is 1. The summed E-state index contributed by atoms with van der Waals surface area (Å²) in [6.45, 7) is 0. The first kappa shape index (κ1) is 7.70. The van der Waals surface area contributed by atoms with Gasteiger partial charge in [0.05, 0.1) is 11.2 Å². The van der Waals surface area contributed by atoms with Gasteiger partial charge in [0.2, 0.25) is 0 Å². The lowest BCUT2D eigenvalue weighted by molar-refractivity contribution is 0.0709. The molecule has 12 heavy (non-hydrogen) atoms. The third kappa shape index (κ3) is 1.21. The Morgan fingerprint density at radius 1 is 1.75 bits per heavy atom. The normalized spacial score (nSPS) is 16.1. The number of nitrogens with zero attached hydrogens (tertiary/aromatic N) is 1. The third-order valence-electron chi connectivity index (χ3n) is 1.87. The second-order valence-corrected chi connectivity index (χ2v) is 3.64. The molecule has 4 nitrogen and oxygen atoms in total. The van der Waals surface area contributed by atoms with Crippen LogP contribution in [0.2, 0.25) is 0 Å². The molecule has 2 N–H and O–H groups in total. The van der Waals surface area contributed by atoms with Crippen molar-refractivity contribution in [3.05, 3.63) is 16.1 Å². The average Bonchev–Trinajstić information content (AvgIpc) is 2.83. The lowest BCUT2D eigenvalue weighted by Crippen LogP contribution is -2.18. The summed E-state index contributed by atoms with van der Waals surface area (Å²) in [5, 5.41) is 8.41. The van der Waals surface area contributed by atoms with Crippen LogP contribution in [-0.2, 0) is 0 Å². The molecule has 1 aliphatic carbocycles. The molecule has 0 spiro atoms. The summed E-state index contributed by atoms with van der Waals surface area (Å²) in [7, 11) is 0. The molecule has 64 valence electrons. The Bertz CT molecular complexity index is 306. The van der Waals surface area contributed by atoms with Gasteiger partial charge in [0.25, 0.3) is 5.91 Å². The van der Waals surface area contributed by atoms with Crippen LogP contribution in [0, 0.1) is 0 Å². The molecule has 0 bridgehead atoms. The molecule has 0 unspecified atom stereocenters. The van der Waals surface area contributed by atoms with Gasteiger partial charge in [0.15, 0.2) is 0 Å². The molecule has 1 fully saturated rings. The molecule has 0 saturated heterocycles. The predicted molar refractivity (Wildman–Crippen MR) is 43.3 cm³/mol.